The number of anilines is 9. The zero-order valence-electron chi connectivity index (χ0n) is 76.9. The molecule has 0 spiro atoms. The van der Waals surface area contributed by atoms with Crippen LogP contribution in [0.3, 0.4) is 0 Å². The van der Waals surface area contributed by atoms with Crippen molar-refractivity contribution < 1.29 is 9.13 Å². The Morgan fingerprint density at radius 3 is 1.11 bits per heavy atom. The van der Waals surface area contributed by atoms with Crippen molar-refractivity contribution in [1.29, 1.82) is 0 Å². The molecule has 0 fully saturated rings. The predicted octanol–water partition coefficient (Wildman–Crippen LogP) is 22.8. The summed E-state index contributed by atoms with van der Waals surface area (Å²) in [6.45, 7) is 28.8. The number of nitrogens with zero attached hydrogens (tertiary/aromatic N) is 13. The summed E-state index contributed by atoms with van der Waals surface area (Å²) < 4.78 is 20.8. The second kappa shape index (κ2) is 48.1. The molecule has 8 aromatic carbocycles. The third kappa shape index (κ3) is 29.4. The number of aromatic nitrogens is 13. The molecule has 14 N–H and O–H groups in total. The number of rotatable bonds is 30. The van der Waals surface area contributed by atoms with Crippen LogP contribution in [0.25, 0.3) is 56.3 Å². The standard InChI is InChI=1S/C22H25FN4.C22H26N4O.C21H22Cl2N4.C20H22ClN5.C19H23N5/c1-14-6-4-8-18(16(14)3)20-13-21(27-22(24)26-20)25-11-5-7-17-10-9-15(2)19(23)12-17;1-15-7-4-11-19(16(15)2)20-14-21(26-22(23)25-20)24-12-6-9-17-8-5-10-18(13-17)27-3;1-13-5-3-7-16(14(13)2)19-12-20(27-21(24)26-19)25-10-4-6-15-8-9-17(22)18(23)11-15;1-13-5-3-7-17(14(13)2)18-11-19(26-20(22)25-18)23-10-4-6-16-9-8-15(21)12-24-16;1-13(12-24-9-5-8-21-24)10-16-11-18(23-19(20)22-16)17-7-4-6-14(2)15(17)3/h4,6,8-10,12-13H,5,7,11H2,1-3H3,(H3,24,25,26,27);4-5,7-8,10-11,13-14H,6,9,12H2,1-3H3,(H3,23,24,25,26);3,5,7-9,11-12H,4,6,10H2,1-2H3,(H3,24,25,26,27);3,5,7-9,11-12H,4,6,10H2,1-2H3,(H3,22,23,25,26);4-9,11,13H,10,12H2,1-3H3,(H2,20,22,23). The van der Waals surface area contributed by atoms with Crippen LogP contribution in [0, 0.1) is 87.9 Å². The van der Waals surface area contributed by atoms with E-state index in [1.54, 1.807) is 32.5 Å². The van der Waals surface area contributed by atoms with Crippen LogP contribution in [-0.4, -0.2) is 97.9 Å². The van der Waals surface area contributed by atoms with Crippen LogP contribution in [0.4, 0.5) is 57.4 Å². The van der Waals surface area contributed by atoms with Gasteiger partial charge in [-0.1, -0.05) is 163 Å². The minimum atomic E-state index is -0.151. The van der Waals surface area contributed by atoms with Gasteiger partial charge in [0.2, 0.25) is 29.7 Å². The molecule has 0 saturated heterocycles. The topological polar surface area (TPSA) is 347 Å². The number of ether oxygens (including phenoxy) is 1. The Bertz CT molecular complexity index is 6160. The number of aryl methyl sites for hydroxylation is 10. The molecule has 27 heteroatoms. The largest absolute Gasteiger partial charge is 0.497 e. The lowest BCUT2D eigenvalue weighted by Gasteiger charge is -2.13. The molecule has 23 nitrogen and oxygen atoms in total. The van der Waals surface area contributed by atoms with Gasteiger partial charge in [0.15, 0.2) is 0 Å². The molecule has 0 bridgehead atoms. The van der Waals surface area contributed by atoms with Crippen LogP contribution in [0.2, 0.25) is 15.1 Å². The normalized spacial score (nSPS) is 11.0. The van der Waals surface area contributed by atoms with Crippen LogP contribution in [0.1, 0.15) is 122 Å². The Morgan fingerprint density at radius 1 is 0.366 bits per heavy atom. The lowest BCUT2D eigenvalue weighted by Crippen LogP contribution is -2.12. The summed E-state index contributed by atoms with van der Waals surface area (Å²) in [6, 6.07) is 65.8. The number of nitrogens with one attached hydrogen (secondary N) is 4. The number of nitrogens with two attached hydrogens (primary N) is 5. The molecule has 15 rings (SSSR count). The number of pyridine rings is 1. The lowest BCUT2D eigenvalue weighted by atomic mass is 9.99. The zero-order valence-corrected chi connectivity index (χ0v) is 79.1. The van der Waals surface area contributed by atoms with Crippen molar-refractivity contribution in [3.63, 3.8) is 0 Å². The first-order valence-corrected chi connectivity index (χ1v) is 45.0. The minimum absolute atomic E-state index is 0.151. The number of benzene rings is 8. The summed E-state index contributed by atoms with van der Waals surface area (Å²) in [4.78, 5) is 47.9. The van der Waals surface area contributed by atoms with Crippen LogP contribution in [-0.2, 0) is 38.6 Å². The first-order chi connectivity index (χ1) is 63.0. The Kier molecular flexibility index (Phi) is 36.0. The number of methoxy groups -OCH3 is 1. The molecule has 0 amide bonds. The fourth-order valence-corrected chi connectivity index (χ4v) is 15.1. The maximum Gasteiger partial charge on any atom is 0.222 e. The first-order valence-electron chi connectivity index (χ1n) is 43.9. The number of halogens is 4. The van der Waals surface area contributed by atoms with Gasteiger partial charge in [0.25, 0.3) is 0 Å². The highest BCUT2D eigenvalue weighted by Gasteiger charge is 2.18. The third-order valence-electron chi connectivity index (χ3n) is 22.7. The van der Waals surface area contributed by atoms with Crippen molar-refractivity contribution in [1.82, 2.24) is 64.6 Å². The van der Waals surface area contributed by atoms with Crippen LogP contribution >= 0.6 is 34.8 Å². The van der Waals surface area contributed by atoms with Gasteiger partial charge in [0, 0.05) is 115 Å². The van der Waals surface area contributed by atoms with Gasteiger partial charge in [0.1, 0.15) is 34.8 Å². The molecule has 1 atom stereocenters. The van der Waals surface area contributed by atoms with E-state index in [1.165, 1.54) is 61.2 Å². The SMILES string of the molecule is COc1cccc(CCCNc2cc(-c3cccc(C)c3C)nc(N)n2)c1.Cc1ccc(CCCNc2cc(-c3cccc(C)c3C)nc(N)n2)cc1F.Cc1cccc(-c2cc(CC(C)Cn3cccn3)nc(N)n2)c1C.Cc1cccc(-c2cc(NCCCc3ccc(Cl)c(Cl)c3)nc(N)n2)c1C.Cc1cccc(-c2cc(NCCCc3ccc(Cl)cn3)nc(N)n2)c1C. The van der Waals surface area contributed by atoms with Crippen molar-refractivity contribution in [2.24, 2.45) is 5.92 Å². The molecule has 7 aromatic heterocycles. The van der Waals surface area contributed by atoms with E-state index in [4.69, 9.17) is 68.2 Å². The van der Waals surface area contributed by atoms with E-state index in [2.05, 4.69) is 236 Å². The second-order valence-corrected chi connectivity index (χ2v) is 33.9. The summed E-state index contributed by atoms with van der Waals surface area (Å²) >= 11 is 17.9. The highest BCUT2D eigenvalue weighted by atomic mass is 35.5. The van der Waals surface area contributed by atoms with Crippen molar-refractivity contribution in [3.05, 3.63) is 329 Å². The Balaban J connectivity index is 0.000000158. The molecule has 0 aliphatic rings. The van der Waals surface area contributed by atoms with Crippen LogP contribution < -0.4 is 54.7 Å². The molecule has 0 saturated carbocycles. The van der Waals surface area contributed by atoms with E-state index in [1.807, 2.05) is 126 Å². The van der Waals surface area contributed by atoms with Crippen LogP contribution in [0.5, 0.6) is 5.75 Å². The number of nitrogen functional groups attached to an aromatic ring is 5. The van der Waals surface area contributed by atoms with Gasteiger partial charge in [-0.3, -0.25) is 9.67 Å². The summed E-state index contributed by atoms with van der Waals surface area (Å²) in [5.74, 6) is 5.46. The Labute approximate surface area is 784 Å². The van der Waals surface area contributed by atoms with E-state index >= 15 is 0 Å². The molecule has 1 unspecified atom stereocenters. The quantitative estimate of drug-likeness (QED) is 0.0189. The molecular weight excluding hydrogens is 1700 g/mol. The molecule has 0 aliphatic heterocycles. The molecule has 678 valence electrons. The maximum absolute atomic E-state index is 13.6. The highest BCUT2D eigenvalue weighted by molar-refractivity contribution is 6.42. The third-order valence-corrected chi connectivity index (χ3v) is 23.7. The van der Waals surface area contributed by atoms with E-state index < -0.39 is 0 Å². The van der Waals surface area contributed by atoms with E-state index in [-0.39, 0.29) is 29.6 Å². The minimum Gasteiger partial charge on any atom is -0.497 e. The fraction of sp³-hybridized carbons (Fsp3) is 0.269. The average molecular weight is 1820 g/mol. The summed E-state index contributed by atoms with van der Waals surface area (Å²) in [7, 11) is 1.69. The lowest BCUT2D eigenvalue weighted by molar-refractivity contribution is 0.414. The number of hydrogen-bond donors (Lipinski definition) is 9. The van der Waals surface area contributed by atoms with E-state index in [9.17, 15) is 4.39 Å². The highest BCUT2D eigenvalue weighted by Crippen LogP contribution is 2.33. The molecule has 131 heavy (non-hydrogen) atoms. The summed E-state index contributed by atoms with van der Waals surface area (Å²) in [6.07, 6.45) is 13.5. The molecule has 0 aliphatic carbocycles. The van der Waals surface area contributed by atoms with Gasteiger partial charge >= 0.3 is 0 Å². The van der Waals surface area contributed by atoms with Crippen molar-refractivity contribution in [3.8, 4) is 62.0 Å². The fourth-order valence-electron chi connectivity index (χ4n) is 14.7. The number of hydrogen-bond acceptors (Lipinski definition) is 22. The van der Waals surface area contributed by atoms with Gasteiger partial charge in [-0.25, -0.2) is 34.3 Å². The van der Waals surface area contributed by atoms with Crippen molar-refractivity contribution in [2.45, 2.75) is 147 Å². The average Bonchev–Trinajstić information content (AvgIpc) is 1.44. The van der Waals surface area contributed by atoms with Crippen molar-refractivity contribution >= 4 is 87.8 Å². The molecule has 7 heterocycles. The smallest absolute Gasteiger partial charge is 0.222 e. The molecule has 0 radical (unpaired) electrons. The van der Waals surface area contributed by atoms with Gasteiger partial charge in [0.05, 0.1) is 50.6 Å². The van der Waals surface area contributed by atoms with E-state index in [0.29, 0.717) is 38.3 Å². The van der Waals surface area contributed by atoms with Gasteiger partial charge < -0.3 is 54.7 Å². The molecular formula is C104H118Cl3FN22O. The predicted molar refractivity (Wildman–Crippen MR) is 539 cm³/mol. The van der Waals surface area contributed by atoms with Gasteiger partial charge in [-0.05, 0) is 272 Å². The van der Waals surface area contributed by atoms with E-state index in [0.717, 1.165) is 193 Å². The van der Waals surface area contributed by atoms with Crippen LogP contribution in [0.15, 0.2) is 219 Å². The first kappa shape index (κ1) is 97.9. The Hall–Kier alpha value is -13.7. The van der Waals surface area contributed by atoms with Gasteiger partial charge in [-0.15, -0.1) is 0 Å². The summed E-state index contributed by atoms with van der Waals surface area (Å²) in [5.41, 5.74) is 57.5. The maximum atomic E-state index is 13.6. The van der Waals surface area contributed by atoms with Crippen molar-refractivity contribution in [2.75, 3.05) is 83.2 Å². The summed E-state index contributed by atoms with van der Waals surface area (Å²) in [5, 5.41) is 19.4. The van der Waals surface area contributed by atoms with Gasteiger partial charge in [-0.2, -0.15) is 25.0 Å². The monoisotopic (exact) mass is 1810 g/mol. The zero-order chi connectivity index (χ0) is 93.6. The molecule has 15 aromatic rings. The Morgan fingerprint density at radius 2 is 0.740 bits per heavy atom. The second-order valence-electron chi connectivity index (χ2n) is 32.6.